The van der Waals surface area contributed by atoms with Crippen LogP contribution in [0.4, 0.5) is 5.69 Å². The molecule has 0 aliphatic carbocycles. The lowest BCUT2D eigenvalue weighted by molar-refractivity contribution is 0.690. The minimum absolute atomic E-state index is 0.385. The second-order valence-corrected chi connectivity index (χ2v) is 3.35. The smallest absolute Gasteiger partial charge is 0.163 e. The van der Waals surface area contributed by atoms with E-state index in [4.69, 9.17) is 5.26 Å². The largest absolute Gasteiger partial charge is 0.380 e. The average Bonchev–Trinajstić information content (AvgIpc) is 2.19. The van der Waals surface area contributed by atoms with Crippen LogP contribution in [-0.2, 0) is 0 Å². The summed E-state index contributed by atoms with van der Waals surface area (Å²) in [6.45, 7) is 4.25. The first-order chi connectivity index (χ1) is 6.77. The average molecular weight is 189 g/mol. The van der Waals surface area contributed by atoms with Crippen LogP contribution in [0.15, 0.2) is 18.3 Å². The summed E-state index contributed by atoms with van der Waals surface area (Å²) in [5, 5.41) is 12.1. The van der Waals surface area contributed by atoms with Crippen molar-refractivity contribution in [1.82, 2.24) is 4.98 Å². The van der Waals surface area contributed by atoms with Gasteiger partial charge in [-0.1, -0.05) is 13.3 Å². The first-order valence-electron chi connectivity index (χ1n) is 4.89. The van der Waals surface area contributed by atoms with Crippen LogP contribution in [0.2, 0.25) is 0 Å². The predicted molar refractivity (Wildman–Crippen MR) is 56.9 cm³/mol. The van der Waals surface area contributed by atoms with Crippen LogP contribution in [0.25, 0.3) is 0 Å². The highest BCUT2D eigenvalue weighted by Crippen LogP contribution is 2.13. The summed E-state index contributed by atoms with van der Waals surface area (Å²) in [5.41, 5.74) is 1.30. The van der Waals surface area contributed by atoms with Crippen LogP contribution in [0, 0.1) is 11.3 Å². The molecule has 0 aliphatic heterocycles. The van der Waals surface area contributed by atoms with Crippen molar-refractivity contribution in [1.29, 1.82) is 5.26 Å². The molecular formula is C11H15N3. The van der Waals surface area contributed by atoms with Crippen LogP contribution in [-0.4, -0.2) is 11.0 Å². The highest BCUT2D eigenvalue weighted by molar-refractivity contribution is 5.53. The van der Waals surface area contributed by atoms with Gasteiger partial charge in [-0.2, -0.15) is 5.26 Å². The molecule has 0 saturated heterocycles. The maximum atomic E-state index is 8.81. The van der Waals surface area contributed by atoms with Gasteiger partial charge in [0.2, 0.25) is 0 Å². The minimum atomic E-state index is 0.385. The van der Waals surface area contributed by atoms with Crippen molar-refractivity contribution < 1.29 is 0 Å². The van der Waals surface area contributed by atoms with E-state index in [1.807, 2.05) is 12.1 Å². The zero-order valence-electron chi connectivity index (χ0n) is 8.62. The van der Waals surface area contributed by atoms with Gasteiger partial charge in [0.25, 0.3) is 0 Å². The Hall–Kier alpha value is -1.56. The summed E-state index contributed by atoms with van der Waals surface area (Å²) in [5.74, 6) is 0. The predicted octanol–water partition coefficient (Wildman–Crippen LogP) is 2.55. The highest BCUT2D eigenvalue weighted by atomic mass is 14.9. The molecule has 0 saturated carbocycles. The Morgan fingerprint density at radius 1 is 1.64 bits per heavy atom. The summed E-state index contributed by atoms with van der Waals surface area (Å²) in [6, 6.07) is 6.18. The molecule has 1 N–H and O–H groups in total. The fourth-order valence-electron chi connectivity index (χ4n) is 1.38. The summed E-state index contributed by atoms with van der Waals surface area (Å²) in [4.78, 5) is 3.99. The maximum Gasteiger partial charge on any atom is 0.163 e. The first kappa shape index (κ1) is 10.5. The summed E-state index contributed by atoms with van der Waals surface area (Å²) in [6.07, 6.45) is 3.87. The molecule has 0 spiro atoms. The molecule has 1 atom stereocenters. The molecule has 14 heavy (non-hydrogen) atoms. The molecule has 74 valence electrons. The first-order valence-corrected chi connectivity index (χ1v) is 4.89. The molecule has 3 heteroatoms. The third-order valence-corrected chi connectivity index (χ3v) is 2.04. The van der Waals surface area contributed by atoms with Crippen LogP contribution in [0.1, 0.15) is 32.4 Å². The molecule has 0 aliphatic rings. The molecule has 1 heterocycles. The lowest BCUT2D eigenvalue weighted by Crippen LogP contribution is -2.15. The van der Waals surface area contributed by atoms with Gasteiger partial charge in [-0.15, -0.1) is 0 Å². The zero-order chi connectivity index (χ0) is 10.4. The van der Waals surface area contributed by atoms with Crippen molar-refractivity contribution in [2.45, 2.75) is 32.7 Å². The topological polar surface area (TPSA) is 48.7 Å². The van der Waals surface area contributed by atoms with Crippen molar-refractivity contribution in [2.75, 3.05) is 5.32 Å². The van der Waals surface area contributed by atoms with Crippen molar-refractivity contribution >= 4 is 5.69 Å². The Balaban J connectivity index is 2.71. The Morgan fingerprint density at radius 2 is 2.43 bits per heavy atom. The third kappa shape index (κ3) is 2.74. The van der Waals surface area contributed by atoms with Gasteiger partial charge in [0.1, 0.15) is 6.07 Å². The molecule has 1 rings (SSSR count). The minimum Gasteiger partial charge on any atom is -0.380 e. The number of nitriles is 1. The SMILES string of the molecule is CCCC(C)Nc1cccnc1C#N. The molecule has 0 bridgehead atoms. The van der Waals surface area contributed by atoms with Gasteiger partial charge in [0, 0.05) is 12.2 Å². The Bertz CT molecular complexity index is 328. The standard InChI is InChI=1S/C11H15N3/c1-3-5-9(2)14-10-6-4-7-13-11(10)8-12/h4,6-7,9,14H,3,5H2,1-2H3. The highest BCUT2D eigenvalue weighted by Gasteiger charge is 2.05. The Labute approximate surface area is 84.8 Å². The van der Waals surface area contributed by atoms with E-state index < -0.39 is 0 Å². The zero-order valence-corrected chi connectivity index (χ0v) is 8.62. The van der Waals surface area contributed by atoms with E-state index in [2.05, 4.69) is 30.2 Å². The van der Waals surface area contributed by atoms with Gasteiger partial charge >= 0.3 is 0 Å². The second-order valence-electron chi connectivity index (χ2n) is 3.35. The molecule has 0 aromatic carbocycles. The quantitative estimate of drug-likeness (QED) is 0.791. The number of hydrogen-bond donors (Lipinski definition) is 1. The number of nitrogens with one attached hydrogen (secondary N) is 1. The van der Waals surface area contributed by atoms with Gasteiger partial charge in [-0.25, -0.2) is 4.98 Å². The molecular weight excluding hydrogens is 174 g/mol. The van der Waals surface area contributed by atoms with Crippen LogP contribution in [0.5, 0.6) is 0 Å². The second kappa shape index (κ2) is 5.23. The molecule has 1 unspecified atom stereocenters. The molecule has 1 aromatic heterocycles. The van der Waals surface area contributed by atoms with Gasteiger partial charge in [0.05, 0.1) is 5.69 Å². The lowest BCUT2D eigenvalue weighted by Gasteiger charge is -2.14. The van der Waals surface area contributed by atoms with Gasteiger partial charge in [0.15, 0.2) is 5.69 Å². The van der Waals surface area contributed by atoms with Crippen LogP contribution >= 0.6 is 0 Å². The Morgan fingerprint density at radius 3 is 3.07 bits per heavy atom. The van der Waals surface area contributed by atoms with Crippen molar-refractivity contribution in [3.8, 4) is 6.07 Å². The third-order valence-electron chi connectivity index (χ3n) is 2.04. The van der Waals surface area contributed by atoms with E-state index in [1.165, 1.54) is 0 Å². The lowest BCUT2D eigenvalue weighted by atomic mass is 10.2. The normalized spacial score (nSPS) is 11.8. The van der Waals surface area contributed by atoms with E-state index in [0.29, 0.717) is 11.7 Å². The van der Waals surface area contributed by atoms with E-state index in [-0.39, 0.29) is 0 Å². The number of hydrogen-bond acceptors (Lipinski definition) is 3. The number of anilines is 1. The van der Waals surface area contributed by atoms with Crippen LogP contribution < -0.4 is 5.32 Å². The molecule has 0 radical (unpaired) electrons. The fourth-order valence-corrected chi connectivity index (χ4v) is 1.38. The van der Waals surface area contributed by atoms with Crippen LogP contribution in [0.3, 0.4) is 0 Å². The van der Waals surface area contributed by atoms with E-state index in [0.717, 1.165) is 18.5 Å². The summed E-state index contributed by atoms with van der Waals surface area (Å²) in [7, 11) is 0. The number of rotatable bonds is 4. The molecule has 0 fully saturated rings. The van der Waals surface area contributed by atoms with E-state index in [1.54, 1.807) is 6.20 Å². The van der Waals surface area contributed by atoms with E-state index in [9.17, 15) is 0 Å². The molecule has 1 aromatic rings. The summed E-state index contributed by atoms with van der Waals surface area (Å²) < 4.78 is 0. The van der Waals surface area contributed by atoms with Gasteiger partial charge < -0.3 is 5.32 Å². The van der Waals surface area contributed by atoms with Gasteiger partial charge in [-0.3, -0.25) is 0 Å². The van der Waals surface area contributed by atoms with Crippen molar-refractivity contribution in [3.63, 3.8) is 0 Å². The maximum absolute atomic E-state index is 8.81. The number of pyridine rings is 1. The monoisotopic (exact) mass is 189 g/mol. The number of aromatic nitrogens is 1. The Kier molecular flexibility index (Phi) is 3.93. The molecule has 0 amide bonds. The van der Waals surface area contributed by atoms with E-state index >= 15 is 0 Å². The fraction of sp³-hybridized carbons (Fsp3) is 0.455. The van der Waals surface area contributed by atoms with Crippen molar-refractivity contribution in [3.05, 3.63) is 24.0 Å². The van der Waals surface area contributed by atoms with Crippen molar-refractivity contribution in [2.24, 2.45) is 0 Å². The number of nitrogens with zero attached hydrogens (tertiary/aromatic N) is 2. The van der Waals surface area contributed by atoms with Gasteiger partial charge in [-0.05, 0) is 25.5 Å². The summed E-state index contributed by atoms with van der Waals surface area (Å²) >= 11 is 0. The molecule has 3 nitrogen and oxygen atoms in total.